The minimum absolute atomic E-state index is 0.0312. The molecule has 2 rings (SSSR count). The minimum atomic E-state index is -3.50. The van der Waals surface area contributed by atoms with Crippen molar-refractivity contribution in [2.24, 2.45) is 0 Å². The predicted octanol–water partition coefficient (Wildman–Crippen LogP) is 1.82. The molecule has 1 aliphatic rings. The van der Waals surface area contributed by atoms with Crippen molar-refractivity contribution in [2.45, 2.75) is 31.3 Å². The monoisotopic (exact) mass is 343 g/mol. The molecular weight excluding hydrogens is 318 g/mol. The van der Waals surface area contributed by atoms with Gasteiger partial charge in [-0.1, -0.05) is 6.92 Å². The van der Waals surface area contributed by atoms with E-state index in [-0.39, 0.29) is 6.10 Å². The number of ether oxygens (including phenoxy) is 3. The second kappa shape index (κ2) is 8.10. The first kappa shape index (κ1) is 18.2. The molecule has 0 saturated carbocycles. The minimum Gasteiger partial charge on any atom is -0.491 e. The van der Waals surface area contributed by atoms with Gasteiger partial charge in [-0.15, -0.1) is 0 Å². The van der Waals surface area contributed by atoms with E-state index in [2.05, 4.69) is 0 Å². The fourth-order valence-electron chi connectivity index (χ4n) is 2.49. The molecule has 0 bridgehead atoms. The Kier molecular flexibility index (Phi) is 6.41. The number of rotatable bonds is 7. The molecule has 1 atom stereocenters. The van der Waals surface area contributed by atoms with E-state index < -0.39 is 10.0 Å². The standard InChI is InChI=1S/C16H25NO5S/c1-4-14-12-17(7-8-21-14)23(18,19)15-5-6-16(13(2)11-15)22-10-9-20-3/h5-6,11,14H,4,7-10,12H2,1-3H3. The van der Waals surface area contributed by atoms with Crippen LogP contribution < -0.4 is 4.74 Å². The van der Waals surface area contributed by atoms with Gasteiger partial charge in [0.2, 0.25) is 10.0 Å². The van der Waals surface area contributed by atoms with Gasteiger partial charge in [-0.2, -0.15) is 4.31 Å². The highest BCUT2D eigenvalue weighted by Crippen LogP contribution is 2.25. The molecule has 1 unspecified atom stereocenters. The van der Waals surface area contributed by atoms with E-state index in [1.807, 2.05) is 13.8 Å². The van der Waals surface area contributed by atoms with Crippen LogP contribution in [-0.2, 0) is 19.5 Å². The zero-order valence-electron chi connectivity index (χ0n) is 13.9. The molecule has 1 fully saturated rings. The van der Waals surface area contributed by atoms with Crippen LogP contribution in [0.1, 0.15) is 18.9 Å². The third-order valence-corrected chi connectivity index (χ3v) is 5.75. The number of hydrogen-bond acceptors (Lipinski definition) is 5. The van der Waals surface area contributed by atoms with Crippen LogP contribution in [0.4, 0.5) is 0 Å². The Morgan fingerprint density at radius 1 is 1.35 bits per heavy atom. The Morgan fingerprint density at radius 3 is 2.78 bits per heavy atom. The van der Waals surface area contributed by atoms with E-state index in [0.717, 1.165) is 12.0 Å². The number of aryl methyl sites for hydroxylation is 1. The number of nitrogens with zero attached hydrogens (tertiary/aromatic N) is 1. The summed E-state index contributed by atoms with van der Waals surface area (Å²) in [6.45, 7) is 6.01. The zero-order valence-corrected chi connectivity index (χ0v) is 14.8. The Morgan fingerprint density at radius 2 is 2.13 bits per heavy atom. The van der Waals surface area contributed by atoms with Crippen LogP contribution in [0, 0.1) is 6.92 Å². The van der Waals surface area contributed by atoms with Gasteiger partial charge in [-0.3, -0.25) is 0 Å². The van der Waals surface area contributed by atoms with Gasteiger partial charge in [0, 0.05) is 20.2 Å². The Hall–Kier alpha value is -1.15. The lowest BCUT2D eigenvalue weighted by atomic mass is 10.2. The molecule has 0 spiro atoms. The van der Waals surface area contributed by atoms with E-state index >= 15 is 0 Å². The Labute approximate surface area is 138 Å². The molecule has 130 valence electrons. The summed E-state index contributed by atoms with van der Waals surface area (Å²) in [6.07, 6.45) is 0.772. The van der Waals surface area contributed by atoms with Crippen LogP contribution in [0.3, 0.4) is 0 Å². The van der Waals surface area contributed by atoms with Gasteiger partial charge in [-0.25, -0.2) is 8.42 Å². The third kappa shape index (κ3) is 4.44. The van der Waals surface area contributed by atoms with Crippen molar-refractivity contribution >= 4 is 10.0 Å². The van der Waals surface area contributed by atoms with Gasteiger partial charge >= 0.3 is 0 Å². The van der Waals surface area contributed by atoms with Crippen LogP contribution in [0.2, 0.25) is 0 Å². The van der Waals surface area contributed by atoms with Crippen LogP contribution in [0.15, 0.2) is 23.1 Å². The molecule has 23 heavy (non-hydrogen) atoms. The Balaban J connectivity index is 2.15. The Bertz CT molecular complexity index is 617. The molecule has 1 saturated heterocycles. The maximum Gasteiger partial charge on any atom is 0.243 e. The lowest BCUT2D eigenvalue weighted by Crippen LogP contribution is -2.45. The summed E-state index contributed by atoms with van der Waals surface area (Å²) in [6, 6.07) is 4.96. The van der Waals surface area contributed by atoms with E-state index in [1.54, 1.807) is 25.3 Å². The molecule has 0 aromatic heterocycles. The molecule has 6 nitrogen and oxygen atoms in total. The summed E-state index contributed by atoms with van der Waals surface area (Å²) in [4.78, 5) is 0.297. The van der Waals surface area contributed by atoms with Crippen molar-refractivity contribution in [2.75, 3.05) is 40.0 Å². The van der Waals surface area contributed by atoms with Crippen LogP contribution in [0.5, 0.6) is 5.75 Å². The first-order chi connectivity index (χ1) is 11.0. The maximum atomic E-state index is 12.8. The lowest BCUT2D eigenvalue weighted by molar-refractivity contribution is -0.00278. The van der Waals surface area contributed by atoms with E-state index in [0.29, 0.717) is 43.6 Å². The highest BCUT2D eigenvalue weighted by atomic mass is 32.2. The fourth-order valence-corrected chi connectivity index (χ4v) is 4.03. The van der Waals surface area contributed by atoms with Gasteiger partial charge in [-0.05, 0) is 37.1 Å². The van der Waals surface area contributed by atoms with Gasteiger partial charge in [0.15, 0.2) is 0 Å². The van der Waals surface area contributed by atoms with Gasteiger partial charge in [0.1, 0.15) is 12.4 Å². The molecule has 1 aromatic carbocycles. The van der Waals surface area contributed by atoms with E-state index in [9.17, 15) is 8.42 Å². The second-order valence-corrected chi connectivity index (χ2v) is 7.47. The van der Waals surface area contributed by atoms with Gasteiger partial charge in [0.25, 0.3) is 0 Å². The van der Waals surface area contributed by atoms with E-state index in [4.69, 9.17) is 14.2 Å². The molecule has 0 aliphatic carbocycles. The van der Waals surface area contributed by atoms with Crippen molar-refractivity contribution in [1.82, 2.24) is 4.31 Å². The zero-order chi connectivity index (χ0) is 16.9. The van der Waals surface area contributed by atoms with Gasteiger partial charge < -0.3 is 14.2 Å². The quantitative estimate of drug-likeness (QED) is 0.707. The summed E-state index contributed by atoms with van der Waals surface area (Å²) in [5.41, 5.74) is 0.794. The maximum absolute atomic E-state index is 12.8. The van der Waals surface area contributed by atoms with Crippen LogP contribution in [0.25, 0.3) is 0 Å². The number of hydrogen-bond donors (Lipinski definition) is 0. The molecule has 0 amide bonds. The van der Waals surface area contributed by atoms with Crippen molar-refractivity contribution < 1.29 is 22.6 Å². The number of morpholine rings is 1. The van der Waals surface area contributed by atoms with Crippen molar-refractivity contribution in [1.29, 1.82) is 0 Å². The van der Waals surface area contributed by atoms with Crippen molar-refractivity contribution in [3.05, 3.63) is 23.8 Å². The molecule has 1 heterocycles. The van der Waals surface area contributed by atoms with Gasteiger partial charge in [0.05, 0.1) is 24.2 Å². The number of benzene rings is 1. The average Bonchev–Trinajstić information content (AvgIpc) is 2.56. The number of sulfonamides is 1. The predicted molar refractivity (Wildman–Crippen MR) is 87.3 cm³/mol. The molecule has 7 heteroatoms. The van der Waals surface area contributed by atoms with Crippen LogP contribution >= 0.6 is 0 Å². The normalized spacial score (nSPS) is 19.7. The SMILES string of the molecule is CCC1CN(S(=O)(=O)c2ccc(OCCOC)c(C)c2)CCO1. The van der Waals surface area contributed by atoms with Crippen LogP contribution in [-0.4, -0.2) is 58.8 Å². The molecule has 1 aromatic rings. The summed E-state index contributed by atoms with van der Waals surface area (Å²) < 4.78 is 43.1. The average molecular weight is 343 g/mol. The summed E-state index contributed by atoms with van der Waals surface area (Å²) in [7, 11) is -1.89. The third-order valence-electron chi connectivity index (χ3n) is 3.89. The molecule has 0 radical (unpaired) electrons. The topological polar surface area (TPSA) is 65.1 Å². The summed E-state index contributed by atoms with van der Waals surface area (Å²) >= 11 is 0. The molecule has 1 aliphatic heterocycles. The number of methoxy groups -OCH3 is 1. The largest absolute Gasteiger partial charge is 0.491 e. The lowest BCUT2D eigenvalue weighted by Gasteiger charge is -2.31. The van der Waals surface area contributed by atoms with E-state index in [1.165, 1.54) is 4.31 Å². The summed E-state index contributed by atoms with van der Waals surface area (Å²) in [5, 5.41) is 0. The smallest absolute Gasteiger partial charge is 0.243 e. The first-order valence-corrected chi connectivity index (χ1v) is 9.27. The highest BCUT2D eigenvalue weighted by Gasteiger charge is 2.30. The molecular formula is C16H25NO5S. The molecule has 0 N–H and O–H groups in total. The fraction of sp³-hybridized carbons (Fsp3) is 0.625. The second-order valence-electron chi connectivity index (χ2n) is 5.53. The first-order valence-electron chi connectivity index (χ1n) is 7.83. The highest BCUT2D eigenvalue weighted by molar-refractivity contribution is 7.89. The summed E-state index contributed by atoms with van der Waals surface area (Å²) in [5.74, 6) is 0.675. The van der Waals surface area contributed by atoms with Crippen molar-refractivity contribution in [3.8, 4) is 5.75 Å². The van der Waals surface area contributed by atoms with Crippen molar-refractivity contribution in [3.63, 3.8) is 0 Å².